The molecule has 2 atom stereocenters. The lowest BCUT2D eigenvalue weighted by Gasteiger charge is -2.24. The molecule has 2 rings (SSSR count). The van der Waals surface area contributed by atoms with Gasteiger partial charge in [0.1, 0.15) is 17.8 Å². The van der Waals surface area contributed by atoms with Crippen molar-refractivity contribution < 1.29 is 23.1 Å². The lowest BCUT2D eigenvalue weighted by Crippen LogP contribution is -2.51. The molecule has 3 N–H and O–H groups in total. The maximum Gasteiger partial charge on any atom is 0.326 e. The molecule has 0 aliphatic carbocycles. The number of nitrogens with zero attached hydrogens (tertiary/aromatic N) is 6. The fraction of sp³-hybridized carbons (Fsp3) is 0.600. The molecule has 0 saturated heterocycles. The van der Waals surface area contributed by atoms with Crippen LogP contribution in [0, 0.1) is 5.92 Å². The van der Waals surface area contributed by atoms with Gasteiger partial charge in [0.05, 0.1) is 6.20 Å². The number of aromatic nitrogens is 5. The monoisotopic (exact) mass is 496 g/mol. The first-order valence-corrected chi connectivity index (χ1v) is 12.7. The third-order valence-electron chi connectivity index (χ3n) is 4.93. The molecule has 0 aliphatic rings. The van der Waals surface area contributed by atoms with Crippen LogP contribution in [0.3, 0.4) is 0 Å². The van der Waals surface area contributed by atoms with E-state index >= 15 is 0 Å². The van der Waals surface area contributed by atoms with Crippen LogP contribution >= 0.6 is 0 Å². The number of nitrogens with one attached hydrogen (secondary N) is 2. The molecular formula is C20H32N8O5S. The Bertz CT molecular complexity index is 1070. The molecule has 2 aromatic rings. The van der Waals surface area contributed by atoms with Crippen molar-refractivity contribution in [3.8, 4) is 11.3 Å². The second-order valence-corrected chi connectivity index (χ2v) is 10.5. The molecule has 34 heavy (non-hydrogen) atoms. The van der Waals surface area contributed by atoms with Crippen LogP contribution in [0.4, 0.5) is 0 Å². The van der Waals surface area contributed by atoms with Crippen molar-refractivity contribution in [3.05, 3.63) is 18.6 Å². The van der Waals surface area contributed by atoms with Crippen LogP contribution < -0.4 is 10.7 Å². The molecule has 2 aromatic heterocycles. The number of aliphatic carboxylic acids is 1. The minimum atomic E-state index is -3.52. The number of hydrogen-bond donors (Lipinski definition) is 3. The van der Waals surface area contributed by atoms with Crippen molar-refractivity contribution in [2.24, 2.45) is 5.92 Å². The molecule has 0 unspecified atom stereocenters. The Morgan fingerprint density at radius 3 is 2.35 bits per heavy atom. The molecule has 0 bridgehead atoms. The van der Waals surface area contributed by atoms with Gasteiger partial charge in [0.25, 0.3) is 0 Å². The standard InChI is InChI=1S/C20H32N8O5S/c1-13(2)17(18(29)23-15(19(30)31)8-6-7-9-27(3)4)25-28-12-16(24-26-28)14-10-21-20(22-11-14)34(5,32)33/h10-13,15,17,25H,6-9H2,1-5H3,(H,23,29)(H,30,31)/t15-,17-/m0/s1. The summed E-state index contributed by atoms with van der Waals surface area (Å²) in [5.41, 5.74) is 3.73. The van der Waals surface area contributed by atoms with E-state index in [0.29, 0.717) is 24.1 Å². The van der Waals surface area contributed by atoms with Crippen molar-refractivity contribution in [1.82, 2.24) is 35.3 Å². The Labute approximate surface area is 198 Å². The average Bonchev–Trinajstić information content (AvgIpc) is 3.21. The minimum absolute atomic E-state index is 0.187. The molecule has 0 fully saturated rings. The molecular weight excluding hydrogens is 464 g/mol. The summed E-state index contributed by atoms with van der Waals surface area (Å²) in [6.45, 7) is 4.48. The summed E-state index contributed by atoms with van der Waals surface area (Å²) < 4.78 is 23.0. The SMILES string of the molecule is CC(C)[C@H](Nn1cc(-c2cnc(S(C)(=O)=O)nc2)nn1)C(=O)N[C@@H](CCCCN(C)C)C(=O)O. The van der Waals surface area contributed by atoms with Gasteiger partial charge in [-0.05, 0) is 51.0 Å². The molecule has 0 aliphatic heterocycles. The maximum absolute atomic E-state index is 12.9. The third-order valence-corrected chi connectivity index (χ3v) is 5.81. The number of sulfone groups is 1. The first kappa shape index (κ1) is 27.1. The summed E-state index contributed by atoms with van der Waals surface area (Å²) in [5, 5.41) is 19.8. The number of hydrogen-bond acceptors (Lipinski definition) is 10. The van der Waals surface area contributed by atoms with Gasteiger partial charge in [0.2, 0.25) is 20.9 Å². The highest BCUT2D eigenvalue weighted by atomic mass is 32.2. The van der Waals surface area contributed by atoms with E-state index < -0.39 is 33.8 Å². The van der Waals surface area contributed by atoms with Crippen LogP contribution in [0.1, 0.15) is 33.1 Å². The Morgan fingerprint density at radius 2 is 1.82 bits per heavy atom. The van der Waals surface area contributed by atoms with Gasteiger partial charge in [-0.25, -0.2) is 23.2 Å². The number of carboxylic acid groups (broad SMARTS) is 1. The smallest absolute Gasteiger partial charge is 0.326 e. The van der Waals surface area contributed by atoms with E-state index in [-0.39, 0.29) is 11.1 Å². The van der Waals surface area contributed by atoms with Gasteiger partial charge in [-0.1, -0.05) is 13.8 Å². The van der Waals surface area contributed by atoms with E-state index in [0.717, 1.165) is 19.2 Å². The molecule has 2 heterocycles. The van der Waals surface area contributed by atoms with E-state index in [1.54, 1.807) is 0 Å². The van der Waals surface area contributed by atoms with Crippen LogP contribution in [0.2, 0.25) is 0 Å². The Morgan fingerprint density at radius 1 is 1.18 bits per heavy atom. The van der Waals surface area contributed by atoms with Gasteiger partial charge in [-0.2, -0.15) is 4.79 Å². The fourth-order valence-electron chi connectivity index (χ4n) is 3.05. The largest absolute Gasteiger partial charge is 0.480 e. The molecule has 0 saturated carbocycles. The van der Waals surface area contributed by atoms with Gasteiger partial charge in [-0.15, -0.1) is 5.10 Å². The summed E-state index contributed by atoms with van der Waals surface area (Å²) in [5.74, 6) is -1.73. The predicted octanol–water partition coefficient (Wildman–Crippen LogP) is 0.00800. The topological polar surface area (TPSA) is 172 Å². The van der Waals surface area contributed by atoms with E-state index in [1.165, 1.54) is 23.4 Å². The highest BCUT2D eigenvalue weighted by Gasteiger charge is 2.28. The molecule has 1 amide bonds. The van der Waals surface area contributed by atoms with E-state index in [9.17, 15) is 23.1 Å². The first-order chi connectivity index (χ1) is 15.9. The number of carbonyl (C=O) groups is 2. The number of carboxylic acids is 1. The van der Waals surface area contributed by atoms with Gasteiger partial charge in [-0.3, -0.25) is 10.2 Å². The van der Waals surface area contributed by atoms with E-state index in [4.69, 9.17) is 0 Å². The number of carbonyl (C=O) groups excluding carboxylic acids is 1. The predicted molar refractivity (Wildman–Crippen MR) is 124 cm³/mol. The van der Waals surface area contributed by atoms with Crippen LogP contribution in [-0.4, -0.2) is 94.4 Å². The molecule has 188 valence electrons. The highest BCUT2D eigenvalue weighted by molar-refractivity contribution is 7.90. The molecule has 14 heteroatoms. The zero-order valence-corrected chi connectivity index (χ0v) is 20.8. The quantitative estimate of drug-likeness (QED) is 0.252. The number of unbranched alkanes of at least 4 members (excludes halogenated alkanes) is 1. The van der Waals surface area contributed by atoms with Gasteiger partial charge in [0.15, 0.2) is 0 Å². The van der Waals surface area contributed by atoms with Crippen molar-refractivity contribution in [2.75, 3.05) is 32.3 Å². The van der Waals surface area contributed by atoms with Crippen molar-refractivity contribution in [2.45, 2.75) is 50.4 Å². The van der Waals surface area contributed by atoms with Gasteiger partial charge in [0, 0.05) is 24.2 Å². The van der Waals surface area contributed by atoms with Crippen LogP contribution in [0.15, 0.2) is 23.7 Å². The minimum Gasteiger partial charge on any atom is -0.480 e. The second kappa shape index (κ2) is 11.8. The Hall–Kier alpha value is -3.13. The van der Waals surface area contributed by atoms with Crippen LogP contribution in [0.25, 0.3) is 11.3 Å². The maximum atomic E-state index is 12.9. The van der Waals surface area contributed by atoms with Gasteiger partial charge >= 0.3 is 5.97 Å². The molecule has 0 radical (unpaired) electrons. The number of amides is 1. The van der Waals surface area contributed by atoms with E-state index in [1.807, 2.05) is 32.8 Å². The van der Waals surface area contributed by atoms with Crippen LogP contribution in [0.5, 0.6) is 0 Å². The lowest BCUT2D eigenvalue weighted by atomic mass is 10.0. The fourth-order valence-corrected chi connectivity index (χ4v) is 3.54. The Kier molecular flexibility index (Phi) is 9.44. The Balaban J connectivity index is 2.06. The summed E-state index contributed by atoms with van der Waals surface area (Å²) in [6.07, 6.45) is 6.97. The summed E-state index contributed by atoms with van der Waals surface area (Å²) in [4.78, 5) is 35.4. The third kappa shape index (κ3) is 8.02. The van der Waals surface area contributed by atoms with Crippen molar-refractivity contribution in [1.29, 1.82) is 0 Å². The first-order valence-electron chi connectivity index (χ1n) is 10.8. The molecule has 0 spiro atoms. The summed E-state index contributed by atoms with van der Waals surface area (Å²) in [6, 6.07) is -1.77. The average molecular weight is 497 g/mol. The highest BCUT2D eigenvalue weighted by Crippen LogP contribution is 2.15. The molecule has 13 nitrogen and oxygen atoms in total. The zero-order valence-electron chi connectivity index (χ0n) is 20.0. The van der Waals surface area contributed by atoms with Crippen LogP contribution in [-0.2, 0) is 19.4 Å². The summed E-state index contributed by atoms with van der Waals surface area (Å²) in [7, 11) is 0.371. The van der Waals surface area contributed by atoms with E-state index in [2.05, 4.69) is 31.0 Å². The molecule has 0 aromatic carbocycles. The second-order valence-electron chi connectivity index (χ2n) is 8.62. The summed E-state index contributed by atoms with van der Waals surface area (Å²) >= 11 is 0. The van der Waals surface area contributed by atoms with Crippen molar-refractivity contribution in [3.63, 3.8) is 0 Å². The number of rotatable bonds is 13. The zero-order chi connectivity index (χ0) is 25.5. The van der Waals surface area contributed by atoms with Gasteiger partial charge < -0.3 is 15.3 Å². The van der Waals surface area contributed by atoms with Crippen molar-refractivity contribution >= 4 is 21.7 Å². The normalized spacial score (nSPS) is 13.6. The lowest BCUT2D eigenvalue weighted by molar-refractivity contribution is -0.142.